The molecule has 0 saturated heterocycles. The molecule has 3 N–H and O–H groups in total. The molecule has 18 heavy (non-hydrogen) atoms. The highest BCUT2D eigenvalue weighted by molar-refractivity contribution is 7.98. The van der Waals surface area contributed by atoms with E-state index < -0.39 is 0 Å². The van der Waals surface area contributed by atoms with Gasteiger partial charge in [0, 0.05) is 16.7 Å². The van der Waals surface area contributed by atoms with Crippen LogP contribution >= 0.6 is 11.8 Å². The van der Waals surface area contributed by atoms with Gasteiger partial charge < -0.3 is 4.74 Å². The van der Waals surface area contributed by atoms with Gasteiger partial charge in [0.05, 0.1) is 0 Å². The van der Waals surface area contributed by atoms with E-state index in [1.165, 1.54) is 4.90 Å². The minimum Gasteiger partial charge on any atom is -0.439 e. The van der Waals surface area contributed by atoms with Crippen LogP contribution < -0.4 is 16.0 Å². The van der Waals surface area contributed by atoms with Crippen LogP contribution in [0.2, 0.25) is 0 Å². The zero-order valence-electron chi connectivity index (χ0n) is 10.2. The first-order valence-electron chi connectivity index (χ1n) is 5.35. The van der Waals surface area contributed by atoms with Crippen LogP contribution in [0.3, 0.4) is 0 Å². The molecule has 94 valence electrons. The van der Waals surface area contributed by atoms with E-state index in [4.69, 9.17) is 10.6 Å². The largest absolute Gasteiger partial charge is 0.439 e. The number of hydrogen-bond donors (Lipinski definition) is 2. The third-order valence-electron chi connectivity index (χ3n) is 2.24. The second kappa shape index (κ2) is 5.70. The Balaban J connectivity index is 2.19. The molecule has 0 aliphatic heterocycles. The van der Waals surface area contributed by atoms with E-state index in [1.807, 2.05) is 37.4 Å². The molecule has 1 heterocycles. The van der Waals surface area contributed by atoms with Crippen LogP contribution in [0.4, 0.5) is 5.95 Å². The van der Waals surface area contributed by atoms with Crippen LogP contribution in [0.5, 0.6) is 11.6 Å². The van der Waals surface area contributed by atoms with Crippen molar-refractivity contribution in [1.82, 2.24) is 9.97 Å². The zero-order chi connectivity index (χ0) is 13.0. The molecule has 6 heteroatoms. The fraction of sp³-hybridized carbons (Fsp3) is 0.167. The van der Waals surface area contributed by atoms with Crippen LogP contribution in [0, 0.1) is 6.92 Å². The van der Waals surface area contributed by atoms with Crippen molar-refractivity contribution in [3.8, 4) is 11.6 Å². The lowest BCUT2D eigenvalue weighted by Crippen LogP contribution is -2.11. The van der Waals surface area contributed by atoms with Crippen molar-refractivity contribution in [2.75, 3.05) is 11.7 Å². The fourth-order valence-corrected chi connectivity index (χ4v) is 1.83. The van der Waals surface area contributed by atoms with Gasteiger partial charge in [-0.2, -0.15) is 4.98 Å². The van der Waals surface area contributed by atoms with Crippen LogP contribution in [0.1, 0.15) is 5.69 Å². The molecule has 5 nitrogen and oxygen atoms in total. The number of benzene rings is 1. The van der Waals surface area contributed by atoms with E-state index in [9.17, 15) is 0 Å². The van der Waals surface area contributed by atoms with E-state index in [-0.39, 0.29) is 0 Å². The number of nitrogen functional groups attached to an aromatic ring is 1. The highest BCUT2D eigenvalue weighted by Gasteiger charge is 2.03. The van der Waals surface area contributed by atoms with Gasteiger partial charge >= 0.3 is 0 Å². The maximum atomic E-state index is 5.65. The van der Waals surface area contributed by atoms with Crippen molar-refractivity contribution in [3.05, 3.63) is 36.0 Å². The van der Waals surface area contributed by atoms with Crippen molar-refractivity contribution in [3.63, 3.8) is 0 Å². The fourth-order valence-electron chi connectivity index (χ4n) is 1.42. The number of aryl methyl sites for hydroxylation is 1. The number of nitrogens with one attached hydrogen (secondary N) is 1. The Kier molecular flexibility index (Phi) is 4.01. The van der Waals surface area contributed by atoms with Crippen molar-refractivity contribution in [2.45, 2.75) is 11.8 Å². The van der Waals surface area contributed by atoms with Gasteiger partial charge in [-0.25, -0.2) is 10.8 Å². The molecule has 0 unspecified atom stereocenters. The lowest BCUT2D eigenvalue weighted by Gasteiger charge is -2.07. The Morgan fingerprint density at radius 3 is 2.56 bits per heavy atom. The van der Waals surface area contributed by atoms with Crippen LogP contribution in [0.15, 0.2) is 35.2 Å². The van der Waals surface area contributed by atoms with E-state index in [0.29, 0.717) is 11.8 Å². The molecule has 0 aliphatic carbocycles. The number of aromatic nitrogens is 2. The summed E-state index contributed by atoms with van der Waals surface area (Å²) in [6.07, 6.45) is 2.03. The first-order chi connectivity index (χ1) is 8.71. The smallest absolute Gasteiger partial charge is 0.240 e. The molecule has 1 aromatic heterocycles. The normalized spacial score (nSPS) is 10.2. The summed E-state index contributed by atoms with van der Waals surface area (Å²) in [7, 11) is 0. The van der Waals surface area contributed by atoms with E-state index in [2.05, 4.69) is 15.4 Å². The number of ether oxygens (including phenoxy) is 1. The maximum absolute atomic E-state index is 5.65. The van der Waals surface area contributed by atoms with Crippen molar-refractivity contribution >= 4 is 17.7 Å². The standard InChI is InChI=1S/C12H14N4OS/c1-8-7-11(15-12(14-8)16-13)17-9-3-5-10(18-2)6-4-9/h3-7H,13H2,1-2H3,(H,14,15,16). The second-order valence-electron chi connectivity index (χ2n) is 3.59. The van der Waals surface area contributed by atoms with Crippen LogP contribution in [-0.4, -0.2) is 16.2 Å². The monoisotopic (exact) mass is 262 g/mol. The lowest BCUT2D eigenvalue weighted by atomic mass is 10.3. The molecule has 0 saturated carbocycles. The van der Waals surface area contributed by atoms with Gasteiger partial charge in [-0.05, 0) is 37.4 Å². The molecule has 0 bridgehead atoms. The predicted molar refractivity (Wildman–Crippen MR) is 72.9 cm³/mol. The molecule has 0 spiro atoms. The van der Waals surface area contributed by atoms with Crippen LogP contribution in [0.25, 0.3) is 0 Å². The molecule has 2 aromatic rings. The highest BCUT2D eigenvalue weighted by atomic mass is 32.2. The summed E-state index contributed by atoms with van der Waals surface area (Å²) in [6, 6.07) is 9.55. The van der Waals surface area contributed by atoms with Crippen molar-refractivity contribution < 1.29 is 4.74 Å². The number of nitrogens with zero attached hydrogens (tertiary/aromatic N) is 2. The highest BCUT2D eigenvalue weighted by Crippen LogP contribution is 2.23. The Morgan fingerprint density at radius 2 is 1.94 bits per heavy atom. The molecule has 2 rings (SSSR count). The van der Waals surface area contributed by atoms with Crippen LogP contribution in [-0.2, 0) is 0 Å². The van der Waals surface area contributed by atoms with E-state index in [0.717, 1.165) is 11.4 Å². The zero-order valence-corrected chi connectivity index (χ0v) is 11.0. The average Bonchev–Trinajstić information content (AvgIpc) is 2.39. The molecular weight excluding hydrogens is 248 g/mol. The number of hydrogen-bond acceptors (Lipinski definition) is 6. The first kappa shape index (κ1) is 12.7. The van der Waals surface area contributed by atoms with Gasteiger partial charge in [-0.15, -0.1) is 11.8 Å². The molecule has 0 aliphatic rings. The van der Waals surface area contributed by atoms with Crippen molar-refractivity contribution in [1.29, 1.82) is 0 Å². The minimum absolute atomic E-state index is 0.339. The molecule has 0 fully saturated rings. The second-order valence-corrected chi connectivity index (χ2v) is 4.47. The summed E-state index contributed by atoms with van der Waals surface area (Å²) in [4.78, 5) is 9.39. The SMILES string of the molecule is CSc1ccc(Oc2cc(C)nc(NN)n2)cc1. The van der Waals surface area contributed by atoms with Gasteiger partial charge in [0.25, 0.3) is 0 Å². The number of anilines is 1. The summed E-state index contributed by atoms with van der Waals surface area (Å²) in [6.45, 7) is 1.85. The number of nitrogens with two attached hydrogens (primary N) is 1. The Hall–Kier alpha value is -1.79. The molecule has 0 radical (unpaired) electrons. The molecule has 1 aromatic carbocycles. The summed E-state index contributed by atoms with van der Waals surface area (Å²) in [5.41, 5.74) is 3.19. The minimum atomic E-state index is 0.339. The molecule has 0 atom stereocenters. The van der Waals surface area contributed by atoms with Gasteiger partial charge in [0.15, 0.2) is 0 Å². The lowest BCUT2D eigenvalue weighted by molar-refractivity contribution is 0.461. The molecular formula is C12H14N4OS. The third kappa shape index (κ3) is 3.12. The number of thioether (sulfide) groups is 1. The Labute approximate surface area is 110 Å². The summed E-state index contributed by atoms with van der Waals surface area (Å²) < 4.78 is 5.65. The van der Waals surface area contributed by atoms with Gasteiger partial charge in [-0.3, -0.25) is 5.43 Å². The Bertz CT molecular complexity index is 530. The van der Waals surface area contributed by atoms with Gasteiger partial charge in [0.2, 0.25) is 11.8 Å². The van der Waals surface area contributed by atoms with E-state index in [1.54, 1.807) is 17.8 Å². The predicted octanol–water partition coefficient (Wildman–Crippen LogP) is 2.58. The van der Waals surface area contributed by atoms with Gasteiger partial charge in [0.1, 0.15) is 5.75 Å². The topological polar surface area (TPSA) is 73.1 Å². The maximum Gasteiger partial charge on any atom is 0.240 e. The summed E-state index contributed by atoms with van der Waals surface area (Å²) in [5.74, 6) is 6.82. The quantitative estimate of drug-likeness (QED) is 0.501. The third-order valence-corrected chi connectivity index (χ3v) is 2.99. The summed E-state index contributed by atoms with van der Waals surface area (Å²) >= 11 is 1.68. The summed E-state index contributed by atoms with van der Waals surface area (Å²) in [5, 5.41) is 0. The first-order valence-corrected chi connectivity index (χ1v) is 6.58. The van der Waals surface area contributed by atoms with Gasteiger partial charge in [-0.1, -0.05) is 0 Å². The number of rotatable bonds is 4. The number of hydrazine groups is 1. The van der Waals surface area contributed by atoms with E-state index >= 15 is 0 Å². The Morgan fingerprint density at radius 1 is 1.22 bits per heavy atom. The molecule has 0 amide bonds. The average molecular weight is 262 g/mol. The van der Waals surface area contributed by atoms with Crippen molar-refractivity contribution in [2.24, 2.45) is 5.84 Å².